The van der Waals surface area contributed by atoms with Crippen LogP contribution in [0.25, 0.3) is 0 Å². The van der Waals surface area contributed by atoms with Crippen LogP contribution in [0.4, 0.5) is 8.78 Å². The lowest BCUT2D eigenvalue weighted by Gasteiger charge is -2.34. The van der Waals surface area contributed by atoms with E-state index in [0.29, 0.717) is 24.9 Å². The third-order valence-electron chi connectivity index (χ3n) is 4.20. The topological polar surface area (TPSA) is 75.4 Å². The Kier molecular flexibility index (Phi) is 4.99. The van der Waals surface area contributed by atoms with Crippen molar-refractivity contribution in [2.75, 3.05) is 19.6 Å². The summed E-state index contributed by atoms with van der Waals surface area (Å²) in [5.74, 6) is -4.00. The molecule has 0 spiro atoms. The Bertz CT molecular complexity index is 580. The number of hydrogen-bond acceptors (Lipinski definition) is 3. The number of likely N-dealkylation sites (tertiary alicyclic amines) is 1. The molecule has 7 heteroatoms. The molecule has 1 aliphatic rings. The smallest absolute Gasteiger partial charge is 0.277 e. The van der Waals surface area contributed by atoms with Gasteiger partial charge in [-0.05, 0) is 31.9 Å². The van der Waals surface area contributed by atoms with E-state index in [-0.39, 0.29) is 5.91 Å². The Morgan fingerprint density at radius 2 is 2.00 bits per heavy atom. The summed E-state index contributed by atoms with van der Waals surface area (Å²) in [5, 5.41) is 2.23. The Labute approximate surface area is 133 Å². The molecule has 2 amide bonds. The Morgan fingerprint density at radius 1 is 1.35 bits per heavy atom. The molecule has 1 aliphatic heterocycles. The molecular formula is C16H21F2N3O2. The quantitative estimate of drug-likeness (QED) is 0.859. The first-order chi connectivity index (χ1) is 10.8. The van der Waals surface area contributed by atoms with Crippen LogP contribution < -0.4 is 11.1 Å². The number of nitrogens with zero attached hydrogens (tertiary/aromatic N) is 1. The maximum atomic E-state index is 13.2. The van der Waals surface area contributed by atoms with Crippen molar-refractivity contribution in [3.63, 3.8) is 0 Å². The van der Waals surface area contributed by atoms with Crippen molar-refractivity contribution in [2.45, 2.75) is 31.2 Å². The molecule has 1 heterocycles. The molecule has 126 valence electrons. The lowest BCUT2D eigenvalue weighted by molar-refractivity contribution is -0.131. The summed E-state index contributed by atoms with van der Waals surface area (Å²) < 4.78 is 26.5. The SMILES string of the molecule is CC1(C(=O)NCC(F)(F)CN)CCCN1C(=O)c1ccccc1. The van der Waals surface area contributed by atoms with E-state index >= 15 is 0 Å². The van der Waals surface area contributed by atoms with E-state index in [4.69, 9.17) is 5.73 Å². The molecule has 0 aromatic heterocycles. The van der Waals surface area contributed by atoms with Crippen molar-refractivity contribution in [1.29, 1.82) is 0 Å². The average molecular weight is 325 g/mol. The van der Waals surface area contributed by atoms with Gasteiger partial charge in [0.1, 0.15) is 5.54 Å². The standard InChI is InChI=1S/C16H21F2N3O2/c1-15(14(23)20-11-16(17,18)10-19)8-5-9-21(15)13(22)12-6-3-2-4-7-12/h2-4,6-7H,5,8-11,19H2,1H3,(H,20,23). The van der Waals surface area contributed by atoms with Crippen LogP contribution in [-0.2, 0) is 4.79 Å². The highest BCUT2D eigenvalue weighted by atomic mass is 19.3. The first kappa shape index (κ1) is 17.3. The zero-order valence-electron chi connectivity index (χ0n) is 13.0. The van der Waals surface area contributed by atoms with Gasteiger partial charge in [0.25, 0.3) is 11.8 Å². The molecule has 1 aromatic rings. The van der Waals surface area contributed by atoms with Gasteiger partial charge in [0, 0.05) is 12.1 Å². The number of carbonyl (C=O) groups excluding carboxylic acids is 2. The fourth-order valence-electron chi connectivity index (χ4n) is 2.73. The number of alkyl halides is 2. The van der Waals surface area contributed by atoms with Gasteiger partial charge in [-0.1, -0.05) is 18.2 Å². The molecule has 0 aliphatic carbocycles. The predicted octanol–water partition coefficient (Wildman–Crippen LogP) is 1.39. The summed E-state index contributed by atoms with van der Waals surface area (Å²) in [5.41, 5.74) is 4.31. The minimum absolute atomic E-state index is 0.272. The Morgan fingerprint density at radius 3 is 2.61 bits per heavy atom. The van der Waals surface area contributed by atoms with E-state index in [1.54, 1.807) is 37.3 Å². The number of hydrogen-bond donors (Lipinski definition) is 2. The molecule has 1 saturated heterocycles. The van der Waals surface area contributed by atoms with Crippen LogP contribution in [0.3, 0.4) is 0 Å². The van der Waals surface area contributed by atoms with Gasteiger partial charge in [0.05, 0.1) is 13.1 Å². The molecule has 1 fully saturated rings. The third kappa shape index (κ3) is 3.67. The van der Waals surface area contributed by atoms with Crippen molar-refractivity contribution >= 4 is 11.8 Å². The largest absolute Gasteiger partial charge is 0.348 e. The van der Waals surface area contributed by atoms with Gasteiger partial charge < -0.3 is 16.0 Å². The van der Waals surface area contributed by atoms with Crippen LogP contribution in [0, 0.1) is 0 Å². The molecule has 1 unspecified atom stereocenters. The molecule has 3 N–H and O–H groups in total. The first-order valence-electron chi connectivity index (χ1n) is 7.53. The molecule has 1 aromatic carbocycles. The van der Waals surface area contributed by atoms with Crippen LogP contribution in [0.1, 0.15) is 30.1 Å². The minimum atomic E-state index is -3.15. The molecule has 5 nitrogen and oxygen atoms in total. The lowest BCUT2D eigenvalue weighted by atomic mass is 9.96. The summed E-state index contributed by atoms with van der Waals surface area (Å²) >= 11 is 0. The van der Waals surface area contributed by atoms with Crippen molar-refractivity contribution in [3.05, 3.63) is 35.9 Å². The summed E-state index contributed by atoms with van der Waals surface area (Å²) in [6, 6.07) is 8.61. The third-order valence-corrected chi connectivity index (χ3v) is 4.20. The number of amides is 2. The van der Waals surface area contributed by atoms with Gasteiger partial charge in [-0.3, -0.25) is 9.59 Å². The van der Waals surface area contributed by atoms with Crippen LogP contribution in [0.5, 0.6) is 0 Å². The van der Waals surface area contributed by atoms with E-state index in [2.05, 4.69) is 5.32 Å². The van der Waals surface area contributed by atoms with Gasteiger partial charge in [0.2, 0.25) is 5.91 Å². The second-order valence-electron chi connectivity index (χ2n) is 5.94. The fourth-order valence-corrected chi connectivity index (χ4v) is 2.73. The van der Waals surface area contributed by atoms with Gasteiger partial charge >= 0.3 is 0 Å². The number of benzene rings is 1. The highest BCUT2D eigenvalue weighted by Gasteiger charge is 2.46. The maximum absolute atomic E-state index is 13.2. The minimum Gasteiger partial charge on any atom is -0.348 e. The Hall–Kier alpha value is -2.02. The summed E-state index contributed by atoms with van der Waals surface area (Å²) in [7, 11) is 0. The van der Waals surface area contributed by atoms with Gasteiger partial charge in [-0.2, -0.15) is 0 Å². The summed E-state index contributed by atoms with van der Waals surface area (Å²) in [6.07, 6.45) is 1.08. The van der Waals surface area contributed by atoms with Gasteiger partial charge in [-0.15, -0.1) is 0 Å². The van der Waals surface area contributed by atoms with E-state index < -0.39 is 30.5 Å². The number of rotatable bonds is 5. The second kappa shape index (κ2) is 6.62. The molecule has 23 heavy (non-hydrogen) atoms. The number of carbonyl (C=O) groups is 2. The zero-order valence-corrected chi connectivity index (χ0v) is 13.0. The highest BCUT2D eigenvalue weighted by molar-refractivity contribution is 5.99. The van der Waals surface area contributed by atoms with Crippen LogP contribution in [0.2, 0.25) is 0 Å². The van der Waals surface area contributed by atoms with E-state index in [1.165, 1.54) is 4.90 Å². The van der Waals surface area contributed by atoms with Crippen LogP contribution >= 0.6 is 0 Å². The van der Waals surface area contributed by atoms with E-state index in [9.17, 15) is 18.4 Å². The molecular weight excluding hydrogens is 304 g/mol. The van der Waals surface area contributed by atoms with Gasteiger partial charge in [0.15, 0.2) is 0 Å². The Balaban J connectivity index is 2.12. The normalized spacial score (nSPS) is 21.3. The fraction of sp³-hybridized carbons (Fsp3) is 0.500. The molecule has 1 atom stereocenters. The van der Waals surface area contributed by atoms with Crippen molar-refractivity contribution in [2.24, 2.45) is 5.73 Å². The summed E-state index contributed by atoms with van der Waals surface area (Å²) in [6.45, 7) is 0.365. The molecule has 0 bridgehead atoms. The molecule has 0 radical (unpaired) electrons. The van der Waals surface area contributed by atoms with Crippen molar-refractivity contribution in [3.8, 4) is 0 Å². The average Bonchev–Trinajstić information content (AvgIpc) is 2.96. The number of halogens is 2. The molecule has 0 saturated carbocycles. The first-order valence-corrected chi connectivity index (χ1v) is 7.53. The van der Waals surface area contributed by atoms with E-state index in [1.807, 2.05) is 0 Å². The van der Waals surface area contributed by atoms with Crippen LogP contribution in [0.15, 0.2) is 30.3 Å². The molecule has 2 rings (SSSR count). The maximum Gasteiger partial charge on any atom is 0.277 e. The van der Waals surface area contributed by atoms with Crippen molar-refractivity contribution in [1.82, 2.24) is 10.2 Å². The zero-order chi connectivity index (χ0) is 17.1. The van der Waals surface area contributed by atoms with Crippen LogP contribution in [-0.4, -0.2) is 47.8 Å². The van der Waals surface area contributed by atoms with Crippen molar-refractivity contribution < 1.29 is 18.4 Å². The number of nitrogens with two attached hydrogens (primary N) is 1. The monoisotopic (exact) mass is 325 g/mol. The highest BCUT2D eigenvalue weighted by Crippen LogP contribution is 2.31. The lowest BCUT2D eigenvalue weighted by Crippen LogP contribution is -2.57. The summed E-state index contributed by atoms with van der Waals surface area (Å²) in [4.78, 5) is 26.5. The second-order valence-corrected chi connectivity index (χ2v) is 5.94. The number of nitrogens with one attached hydrogen (secondary N) is 1. The predicted molar refractivity (Wildman–Crippen MR) is 82.1 cm³/mol. The van der Waals surface area contributed by atoms with Gasteiger partial charge in [-0.25, -0.2) is 8.78 Å². The van der Waals surface area contributed by atoms with E-state index in [0.717, 1.165) is 0 Å².